The third-order valence-electron chi connectivity index (χ3n) is 4.10. The molecule has 0 atom stereocenters. The van der Waals surface area contributed by atoms with Crippen LogP contribution >= 0.6 is 0 Å². The lowest BCUT2D eigenvalue weighted by Gasteiger charge is -2.24. The smallest absolute Gasteiger partial charge is 0.0454 e. The number of anilines is 1. The molecule has 0 spiro atoms. The Morgan fingerprint density at radius 2 is 1.81 bits per heavy atom. The number of fused-ring (bicyclic) bond motifs is 1. The fourth-order valence-electron chi connectivity index (χ4n) is 3.26. The summed E-state index contributed by atoms with van der Waals surface area (Å²) in [6.07, 6.45) is 8.25. The molecule has 0 amide bonds. The Morgan fingerprint density at radius 1 is 1.19 bits per heavy atom. The van der Waals surface area contributed by atoms with Gasteiger partial charge in [0, 0.05) is 23.8 Å². The quantitative estimate of drug-likeness (QED) is 0.615. The third-order valence-corrected chi connectivity index (χ3v) is 4.10. The molecule has 2 rings (SSSR count). The average Bonchev–Trinajstić information content (AvgIpc) is 2.66. The van der Waals surface area contributed by atoms with Crippen LogP contribution in [0.15, 0.2) is 42.6 Å². The number of nitrogens with zero attached hydrogens (tertiary/aromatic N) is 1. The number of hydrogen-bond acceptors (Lipinski definition) is 1. The van der Waals surface area contributed by atoms with Gasteiger partial charge in [-0.05, 0) is 36.6 Å². The molecule has 1 aliphatic heterocycles. The summed E-state index contributed by atoms with van der Waals surface area (Å²) in [5.74, 6) is 0. The number of benzene rings is 1. The molecule has 1 heteroatoms. The molecule has 0 N–H and O–H groups in total. The zero-order valence-corrected chi connectivity index (χ0v) is 14.6. The van der Waals surface area contributed by atoms with E-state index in [2.05, 4.69) is 70.5 Å². The largest absolute Gasteiger partial charge is 0.347 e. The Kier molecular flexibility index (Phi) is 5.60. The molecule has 0 saturated carbocycles. The van der Waals surface area contributed by atoms with Gasteiger partial charge in [0.1, 0.15) is 0 Å². The molecule has 0 aromatic heterocycles. The number of aryl methyl sites for hydroxylation is 1. The molecule has 1 aromatic carbocycles. The molecule has 0 unspecified atom stereocenters. The predicted octanol–water partition coefficient (Wildman–Crippen LogP) is 5.85. The normalized spacial score (nSPS) is 17.7. The second-order valence-electron chi connectivity index (χ2n) is 5.64. The summed E-state index contributed by atoms with van der Waals surface area (Å²) in [5.41, 5.74) is 6.78. The van der Waals surface area contributed by atoms with Crippen LogP contribution in [0.1, 0.15) is 51.3 Å². The van der Waals surface area contributed by atoms with Gasteiger partial charge in [0.2, 0.25) is 0 Å². The van der Waals surface area contributed by atoms with Crippen molar-refractivity contribution in [1.82, 2.24) is 0 Å². The second kappa shape index (κ2) is 6.80. The molecule has 0 bridgehead atoms. The molecule has 1 aliphatic rings. The van der Waals surface area contributed by atoms with E-state index in [0.717, 1.165) is 0 Å². The fourth-order valence-corrected chi connectivity index (χ4v) is 3.26. The Bertz CT molecular complexity index is 574. The van der Waals surface area contributed by atoms with Crippen molar-refractivity contribution >= 4 is 11.8 Å². The maximum Gasteiger partial charge on any atom is 0.0454 e. The van der Waals surface area contributed by atoms with Crippen molar-refractivity contribution < 1.29 is 0 Å². The minimum atomic E-state index is 0.0473. The highest BCUT2D eigenvalue weighted by Gasteiger charge is 2.39. The van der Waals surface area contributed by atoms with Crippen LogP contribution in [0.3, 0.4) is 0 Å². The van der Waals surface area contributed by atoms with Crippen LogP contribution in [-0.2, 0) is 5.41 Å². The maximum atomic E-state index is 3.77. The Balaban J connectivity index is 0.00000106. The lowest BCUT2D eigenvalue weighted by atomic mass is 9.80. The van der Waals surface area contributed by atoms with Gasteiger partial charge in [-0.15, -0.1) is 0 Å². The van der Waals surface area contributed by atoms with Gasteiger partial charge in [-0.3, -0.25) is 0 Å². The van der Waals surface area contributed by atoms with E-state index in [1.165, 1.54) is 28.1 Å². The number of rotatable bonds is 2. The monoisotopic (exact) mass is 283 g/mol. The molecule has 0 radical (unpaired) electrons. The standard InChI is InChI=1S/C18H23N.C2H6/c1-7-9-10-14-13(3)11-12-15-17(14)18(4,5)16(8-2)19(15)6;1-2/h7-12H,1H2,2-6H3;1-2H3/b10-9-,16-8?;. The number of allylic oxidation sites excluding steroid dienone is 4. The van der Waals surface area contributed by atoms with Crippen LogP contribution in [-0.4, -0.2) is 7.05 Å². The third kappa shape index (κ3) is 2.83. The topological polar surface area (TPSA) is 3.24 Å². The van der Waals surface area contributed by atoms with Crippen LogP contribution in [0.4, 0.5) is 5.69 Å². The Hall–Kier alpha value is -1.76. The van der Waals surface area contributed by atoms with Crippen molar-refractivity contribution in [2.45, 2.75) is 47.0 Å². The van der Waals surface area contributed by atoms with Crippen LogP contribution < -0.4 is 4.90 Å². The fraction of sp³-hybridized carbons (Fsp3) is 0.400. The molecule has 0 fully saturated rings. The van der Waals surface area contributed by atoms with Gasteiger partial charge in [0.05, 0.1) is 0 Å². The SMILES string of the molecule is C=C/C=C\c1c(C)ccc2c1C(C)(C)C(=CC)N2C.CC. The summed E-state index contributed by atoms with van der Waals surface area (Å²) in [6, 6.07) is 4.43. The zero-order valence-electron chi connectivity index (χ0n) is 14.6. The lowest BCUT2D eigenvalue weighted by molar-refractivity contribution is 0.637. The number of likely N-dealkylation sites (N-methyl/N-ethyl adjacent to an activating group) is 1. The molecule has 0 aliphatic carbocycles. The second-order valence-corrected chi connectivity index (χ2v) is 5.64. The average molecular weight is 283 g/mol. The summed E-state index contributed by atoms with van der Waals surface area (Å²) in [7, 11) is 2.15. The van der Waals surface area contributed by atoms with E-state index in [0.29, 0.717) is 0 Å². The first kappa shape index (κ1) is 17.3. The van der Waals surface area contributed by atoms with Crippen LogP contribution in [0, 0.1) is 6.92 Å². The minimum Gasteiger partial charge on any atom is -0.347 e. The molecule has 1 heterocycles. The van der Waals surface area contributed by atoms with Gasteiger partial charge < -0.3 is 4.90 Å². The van der Waals surface area contributed by atoms with Crippen molar-refractivity contribution in [3.8, 4) is 0 Å². The van der Waals surface area contributed by atoms with Crippen LogP contribution in [0.25, 0.3) is 6.08 Å². The van der Waals surface area contributed by atoms with E-state index in [1.54, 1.807) is 0 Å². The van der Waals surface area contributed by atoms with Crippen LogP contribution in [0.5, 0.6) is 0 Å². The summed E-state index contributed by atoms with van der Waals surface area (Å²) in [6.45, 7) is 16.7. The highest BCUT2D eigenvalue weighted by atomic mass is 15.2. The number of hydrogen-bond donors (Lipinski definition) is 0. The van der Waals surface area contributed by atoms with Crippen molar-refractivity contribution in [3.63, 3.8) is 0 Å². The Labute approximate surface area is 130 Å². The minimum absolute atomic E-state index is 0.0473. The van der Waals surface area contributed by atoms with Gasteiger partial charge in [-0.25, -0.2) is 0 Å². The molecule has 1 nitrogen and oxygen atoms in total. The van der Waals surface area contributed by atoms with Crippen molar-refractivity contribution in [2.75, 3.05) is 11.9 Å². The van der Waals surface area contributed by atoms with E-state index in [9.17, 15) is 0 Å². The molecule has 114 valence electrons. The van der Waals surface area contributed by atoms with Crippen molar-refractivity contribution in [1.29, 1.82) is 0 Å². The Morgan fingerprint density at radius 3 is 2.33 bits per heavy atom. The van der Waals surface area contributed by atoms with Gasteiger partial charge in [-0.1, -0.05) is 64.6 Å². The summed E-state index contributed by atoms with van der Waals surface area (Å²) in [4.78, 5) is 2.31. The van der Waals surface area contributed by atoms with Gasteiger partial charge in [0.25, 0.3) is 0 Å². The predicted molar refractivity (Wildman–Crippen MR) is 96.9 cm³/mol. The summed E-state index contributed by atoms with van der Waals surface area (Å²) < 4.78 is 0. The molecule has 1 aromatic rings. The van der Waals surface area contributed by atoms with Crippen molar-refractivity contribution in [3.05, 3.63) is 59.3 Å². The van der Waals surface area contributed by atoms with E-state index in [-0.39, 0.29) is 5.41 Å². The van der Waals surface area contributed by atoms with Gasteiger partial charge in [-0.2, -0.15) is 0 Å². The van der Waals surface area contributed by atoms with E-state index >= 15 is 0 Å². The van der Waals surface area contributed by atoms with Gasteiger partial charge in [0.15, 0.2) is 0 Å². The van der Waals surface area contributed by atoms with Crippen LogP contribution in [0.2, 0.25) is 0 Å². The highest BCUT2D eigenvalue weighted by molar-refractivity contribution is 5.78. The first-order chi connectivity index (χ1) is 9.95. The highest BCUT2D eigenvalue weighted by Crippen LogP contribution is 2.49. The van der Waals surface area contributed by atoms with E-state index in [4.69, 9.17) is 0 Å². The van der Waals surface area contributed by atoms with E-state index < -0.39 is 0 Å². The summed E-state index contributed by atoms with van der Waals surface area (Å²) in [5, 5.41) is 0. The first-order valence-electron chi connectivity index (χ1n) is 7.78. The molecular weight excluding hydrogens is 254 g/mol. The van der Waals surface area contributed by atoms with Gasteiger partial charge >= 0.3 is 0 Å². The molecule has 0 saturated heterocycles. The zero-order chi connectivity index (χ0) is 16.2. The molecular formula is C20H29N. The first-order valence-corrected chi connectivity index (χ1v) is 7.78. The van der Waals surface area contributed by atoms with Crippen molar-refractivity contribution in [2.24, 2.45) is 0 Å². The van der Waals surface area contributed by atoms with E-state index in [1.807, 2.05) is 26.0 Å². The summed E-state index contributed by atoms with van der Waals surface area (Å²) >= 11 is 0. The lowest BCUT2D eigenvalue weighted by Crippen LogP contribution is -2.23. The molecule has 21 heavy (non-hydrogen) atoms. The maximum absolute atomic E-state index is 3.77.